The number of hydrogen-bond donors (Lipinski definition) is 1. The molecule has 7 heteroatoms. The summed E-state index contributed by atoms with van der Waals surface area (Å²) in [5.41, 5.74) is 1.47. The van der Waals surface area contributed by atoms with Crippen LogP contribution in [0.2, 0.25) is 0 Å². The van der Waals surface area contributed by atoms with Gasteiger partial charge < -0.3 is 10.2 Å². The van der Waals surface area contributed by atoms with Crippen LogP contribution in [-0.4, -0.2) is 43.8 Å². The number of hydrogen-bond acceptors (Lipinski definition) is 6. The normalized spacial score (nSPS) is 16.6. The Kier molecular flexibility index (Phi) is 5.51. The van der Waals surface area contributed by atoms with Crippen molar-refractivity contribution in [3.05, 3.63) is 72.6 Å². The van der Waals surface area contributed by atoms with Crippen LogP contribution >= 0.6 is 0 Å². The molecule has 1 amide bonds. The van der Waals surface area contributed by atoms with Crippen molar-refractivity contribution < 1.29 is 4.79 Å². The topological polar surface area (TPSA) is 83.9 Å². The molecule has 4 heterocycles. The van der Waals surface area contributed by atoms with Crippen molar-refractivity contribution >= 4 is 17.5 Å². The zero-order valence-corrected chi connectivity index (χ0v) is 15.5. The van der Waals surface area contributed by atoms with Crippen molar-refractivity contribution in [3.63, 3.8) is 0 Å². The first-order valence-electron chi connectivity index (χ1n) is 9.47. The van der Waals surface area contributed by atoms with Gasteiger partial charge in [-0.1, -0.05) is 12.1 Å². The molecule has 0 saturated carbocycles. The van der Waals surface area contributed by atoms with E-state index < -0.39 is 0 Å². The largest absolute Gasteiger partial charge is 0.337 e. The number of nitrogens with zero attached hydrogens (tertiary/aromatic N) is 5. The highest BCUT2D eigenvalue weighted by molar-refractivity contribution is 5.92. The molecule has 1 saturated heterocycles. The van der Waals surface area contributed by atoms with E-state index in [0.717, 1.165) is 49.7 Å². The standard InChI is InChI=1S/C21H22N6O/c28-21(18-9-11-22-15-24-18)27-12-4-5-16(14-27)13-17-6-3-8-20(25-17)26-19-7-1-2-10-23-19/h1-3,6-11,15-16H,4-5,12-14H2,(H,23,25,26)/t16-/m1/s1. The molecule has 0 spiro atoms. The van der Waals surface area contributed by atoms with Crippen molar-refractivity contribution in [1.29, 1.82) is 0 Å². The summed E-state index contributed by atoms with van der Waals surface area (Å²) in [5.74, 6) is 1.91. The lowest BCUT2D eigenvalue weighted by atomic mass is 9.93. The molecule has 28 heavy (non-hydrogen) atoms. The Labute approximate surface area is 163 Å². The summed E-state index contributed by atoms with van der Waals surface area (Å²) < 4.78 is 0. The molecular weight excluding hydrogens is 352 g/mol. The van der Waals surface area contributed by atoms with Crippen LogP contribution in [0.25, 0.3) is 0 Å². The molecule has 1 aliphatic rings. The fourth-order valence-corrected chi connectivity index (χ4v) is 3.52. The quantitative estimate of drug-likeness (QED) is 0.739. The third-order valence-electron chi connectivity index (χ3n) is 4.83. The number of nitrogens with one attached hydrogen (secondary N) is 1. The van der Waals surface area contributed by atoms with E-state index in [0.29, 0.717) is 11.6 Å². The Morgan fingerprint density at radius 3 is 2.82 bits per heavy atom. The highest BCUT2D eigenvalue weighted by atomic mass is 16.2. The summed E-state index contributed by atoms with van der Waals surface area (Å²) in [5, 5.41) is 3.23. The van der Waals surface area contributed by atoms with Crippen LogP contribution in [0.4, 0.5) is 11.6 Å². The van der Waals surface area contributed by atoms with Crippen molar-refractivity contribution in [2.45, 2.75) is 19.3 Å². The van der Waals surface area contributed by atoms with Crippen molar-refractivity contribution in [2.24, 2.45) is 5.92 Å². The predicted octanol–water partition coefficient (Wildman–Crippen LogP) is 3.11. The minimum atomic E-state index is -0.0226. The van der Waals surface area contributed by atoms with Crippen LogP contribution in [0.15, 0.2) is 61.2 Å². The Bertz CT molecular complexity index is 918. The SMILES string of the molecule is O=C(c1ccncn1)N1CCC[C@H](Cc2cccc(Nc3ccccn3)n2)C1. The number of pyridine rings is 2. The van der Waals surface area contributed by atoms with Crippen LogP contribution in [0.3, 0.4) is 0 Å². The molecule has 0 radical (unpaired) electrons. The van der Waals surface area contributed by atoms with Crippen molar-refractivity contribution in [3.8, 4) is 0 Å². The Balaban J connectivity index is 1.40. The van der Waals surface area contributed by atoms with Gasteiger partial charge in [0.05, 0.1) is 0 Å². The third kappa shape index (κ3) is 4.49. The number of anilines is 2. The first-order chi connectivity index (χ1) is 13.8. The van der Waals surface area contributed by atoms with E-state index in [-0.39, 0.29) is 5.91 Å². The highest BCUT2D eigenvalue weighted by Gasteiger charge is 2.25. The van der Waals surface area contributed by atoms with E-state index in [2.05, 4.69) is 20.3 Å². The molecule has 1 atom stereocenters. The molecule has 0 aromatic carbocycles. The first kappa shape index (κ1) is 18.0. The smallest absolute Gasteiger partial charge is 0.272 e. The van der Waals surface area contributed by atoms with Crippen LogP contribution in [0, 0.1) is 5.92 Å². The number of carbonyl (C=O) groups excluding carboxylic acids is 1. The minimum absolute atomic E-state index is 0.0226. The second-order valence-corrected chi connectivity index (χ2v) is 6.91. The average molecular weight is 374 g/mol. The fraction of sp³-hybridized carbons (Fsp3) is 0.286. The van der Waals surface area contributed by atoms with Crippen LogP contribution in [0.1, 0.15) is 29.0 Å². The second-order valence-electron chi connectivity index (χ2n) is 6.91. The molecule has 3 aromatic heterocycles. The lowest BCUT2D eigenvalue weighted by Gasteiger charge is -2.32. The van der Waals surface area contributed by atoms with Gasteiger partial charge in [-0.2, -0.15) is 0 Å². The number of carbonyl (C=O) groups is 1. The molecule has 7 nitrogen and oxygen atoms in total. The fourth-order valence-electron chi connectivity index (χ4n) is 3.52. The predicted molar refractivity (Wildman–Crippen MR) is 106 cm³/mol. The van der Waals surface area contributed by atoms with E-state index in [9.17, 15) is 4.79 Å². The van der Waals surface area contributed by atoms with Gasteiger partial charge in [-0.3, -0.25) is 4.79 Å². The molecule has 1 aliphatic heterocycles. The monoisotopic (exact) mass is 374 g/mol. The van der Waals surface area contributed by atoms with Gasteiger partial charge in [0.25, 0.3) is 5.91 Å². The van der Waals surface area contributed by atoms with Gasteiger partial charge in [0.2, 0.25) is 0 Å². The van der Waals surface area contributed by atoms with Gasteiger partial charge in [-0.25, -0.2) is 19.9 Å². The summed E-state index contributed by atoms with van der Waals surface area (Å²) in [4.78, 5) is 31.5. The van der Waals surface area contributed by atoms with E-state index >= 15 is 0 Å². The molecule has 1 fully saturated rings. The van der Waals surface area contributed by atoms with Gasteiger partial charge in [0, 0.05) is 31.2 Å². The lowest BCUT2D eigenvalue weighted by molar-refractivity contribution is 0.0666. The molecule has 142 valence electrons. The zero-order chi connectivity index (χ0) is 19.2. The van der Waals surface area contributed by atoms with E-state index in [1.807, 2.05) is 41.3 Å². The number of piperidine rings is 1. The van der Waals surface area contributed by atoms with E-state index in [4.69, 9.17) is 4.98 Å². The summed E-state index contributed by atoms with van der Waals surface area (Å²) in [6.07, 6.45) is 7.69. The summed E-state index contributed by atoms with van der Waals surface area (Å²) in [6, 6.07) is 13.4. The van der Waals surface area contributed by atoms with Gasteiger partial charge in [-0.15, -0.1) is 0 Å². The Morgan fingerprint density at radius 1 is 1.07 bits per heavy atom. The number of amides is 1. The molecular formula is C21H22N6O. The molecule has 1 N–H and O–H groups in total. The maximum Gasteiger partial charge on any atom is 0.272 e. The van der Waals surface area contributed by atoms with E-state index in [1.165, 1.54) is 6.33 Å². The summed E-state index contributed by atoms with van der Waals surface area (Å²) >= 11 is 0. The third-order valence-corrected chi connectivity index (χ3v) is 4.83. The zero-order valence-electron chi connectivity index (χ0n) is 15.5. The molecule has 0 aliphatic carbocycles. The van der Waals surface area contributed by atoms with Crippen molar-refractivity contribution in [1.82, 2.24) is 24.8 Å². The van der Waals surface area contributed by atoms with Gasteiger partial charge in [0.1, 0.15) is 23.7 Å². The van der Waals surface area contributed by atoms with Gasteiger partial charge in [-0.05, 0) is 55.5 Å². The second kappa shape index (κ2) is 8.56. The van der Waals surface area contributed by atoms with Gasteiger partial charge in [0.15, 0.2) is 0 Å². The summed E-state index contributed by atoms with van der Waals surface area (Å²) in [6.45, 7) is 1.50. The lowest BCUT2D eigenvalue weighted by Crippen LogP contribution is -2.40. The molecule has 4 rings (SSSR count). The number of likely N-dealkylation sites (tertiary alicyclic amines) is 1. The molecule has 3 aromatic rings. The maximum atomic E-state index is 12.7. The van der Waals surface area contributed by atoms with Crippen molar-refractivity contribution in [2.75, 3.05) is 18.4 Å². The van der Waals surface area contributed by atoms with Crippen LogP contribution in [0.5, 0.6) is 0 Å². The summed E-state index contributed by atoms with van der Waals surface area (Å²) in [7, 11) is 0. The van der Waals surface area contributed by atoms with E-state index in [1.54, 1.807) is 18.5 Å². The maximum absolute atomic E-state index is 12.7. The Hall–Kier alpha value is -3.35. The molecule has 0 bridgehead atoms. The highest BCUT2D eigenvalue weighted by Crippen LogP contribution is 2.22. The van der Waals surface area contributed by atoms with Gasteiger partial charge >= 0.3 is 0 Å². The Morgan fingerprint density at radius 2 is 2.00 bits per heavy atom. The molecule has 0 unspecified atom stereocenters. The van der Waals surface area contributed by atoms with Crippen LogP contribution < -0.4 is 5.32 Å². The number of rotatable bonds is 5. The van der Waals surface area contributed by atoms with Crippen LogP contribution in [-0.2, 0) is 6.42 Å². The minimum Gasteiger partial charge on any atom is -0.337 e. The first-order valence-corrected chi connectivity index (χ1v) is 9.47. The average Bonchev–Trinajstić information content (AvgIpc) is 2.75. The number of aromatic nitrogens is 4.